The van der Waals surface area contributed by atoms with Gasteiger partial charge >= 0.3 is 28.5 Å². The molecule has 3 aliphatic heterocycles. The zero-order valence-electron chi connectivity index (χ0n) is 17.8. The zero-order chi connectivity index (χ0) is 23.2. The number of rotatable bonds is 5. The highest BCUT2D eigenvalue weighted by Gasteiger charge is 2.58. The van der Waals surface area contributed by atoms with Crippen LogP contribution in [0.1, 0.15) is 52.9 Å². The minimum atomic E-state index is -4.91. The maximum absolute atomic E-state index is 12.7. The van der Waals surface area contributed by atoms with Gasteiger partial charge in [-0.25, -0.2) is 14.4 Å². The van der Waals surface area contributed by atoms with E-state index in [-0.39, 0.29) is 31.7 Å². The topological polar surface area (TPSA) is 154 Å². The molecule has 0 aromatic rings. The summed E-state index contributed by atoms with van der Waals surface area (Å²) < 4.78 is 40.8. The van der Waals surface area contributed by atoms with Crippen molar-refractivity contribution in [2.75, 3.05) is 19.6 Å². The van der Waals surface area contributed by atoms with Crippen molar-refractivity contribution in [3.8, 4) is 0 Å². The quantitative estimate of drug-likeness (QED) is 0.577. The highest BCUT2D eigenvalue weighted by Crippen LogP contribution is 2.42. The van der Waals surface area contributed by atoms with Gasteiger partial charge < -0.3 is 19.6 Å². The Morgan fingerprint density at radius 2 is 1.81 bits per heavy atom. The molecule has 0 unspecified atom stereocenters. The third kappa shape index (κ3) is 5.04. The molecule has 3 aliphatic rings. The molecule has 3 heterocycles. The number of fused-ring (bicyclic) bond motifs is 2. The number of hydrogen-bond donors (Lipinski definition) is 2. The van der Waals surface area contributed by atoms with Crippen molar-refractivity contribution in [3.63, 3.8) is 0 Å². The highest BCUT2D eigenvalue weighted by molar-refractivity contribution is 7.80. The molecule has 0 aromatic carbocycles. The fourth-order valence-corrected chi connectivity index (χ4v) is 4.97. The lowest BCUT2D eigenvalue weighted by molar-refractivity contribution is -0.152. The van der Waals surface area contributed by atoms with Gasteiger partial charge in [0.05, 0.1) is 6.04 Å². The lowest BCUT2D eigenvalue weighted by Gasteiger charge is -2.43. The average Bonchev–Trinajstić information content (AvgIpc) is 2.88. The first kappa shape index (κ1) is 23.5. The van der Waals surface area contributed by atoms with Crippen molar-refractivity contribution in [2.45, 2.75) is 70.1 Å². The standard InChI is InChI=1S/C18H29N3O9S/c1-17(2,3)29-16(25)19-8-5-12(6-9-19)10-18(14(22)23)7-4-13-11-20(18)15(24)21(13)30-31(26,27)28/h12-13H,4-11H2,1-3H3,(H,22,23)(H,26,27,28)/t13-,18+/m1/s1. The molecule has 12 nitrogen and oxygen atoms in total. The van der Waals surface area contributed by atoms with E-state index in [1.807, 2.05) is 0 Å². The summed E-state index contributed by atoms with van der Waals surface area (Å²) in [5.41, 5.74) is -2.10. The molecule has 13 heteroatoms. The number of amides is 3. The molecule has 0 aromatic heterocycles. The van der Waals surface area contributed by atoms with Gasteiger partial charge in [-0.3, -0.25) is 4.55 Å². The largest absolute Gasteiger partial charge is 0.479 e. The van der Waals surface area contributed by atoms with Crippen LogP contribution in [0.25, 0.3) is 0 Å². The Hall–Kier alpha value is -2.12. The number of carbonyl (C=O) groups is 3. The number of piperidine rings is 2. The van der Waals surface area contributed by atoms with Gasteiger partial charge in [-0.1, -0.05) is 0 Å². The molecule has 2 atom stereocenters. The van der Waals surface area contributed by atoms with Crippen molar-refractivity contribution in [1.82, 2.24) is 14.9 Å². The maximum atomic E-state index is 12.7. The van der Waals surface area contributed by atoms with Crippen molar-refractivity contribution >= 4 is 28.5 Å². The van der Waals surface area contributed by atoms with Crippen LogP contribution in [0.4, 0.5) is 9.59 Å². The first-order valence-corrected chi connectivity index (χ1v) is 11.6. The molecule has 0 radical (unpaired) electrons. The van der Waals surface area contributed by atoms with Gasteiger partial charge in [-0.15, -0.1) is 4.28 Å². The van der Waals surface area contributed by atoms with Crippen LogP contribution in [0.15, 0.2) is 0 Å². The summed E-state index contributed by atoms with van der Waals surface area (Å²) in [5, 5.41) is 10.6. The second-order valence-corrected chi connectivity index (χ2v) is 10.4. The smallest absolute Gasteiger partial charge is 0.418 e. The summed E-state index contributed by atoms with van der Waals surface area (Å²) in [7, 11) is -4.91. The van der Waals surface area contributed by atoms with E-state index in [1.54, 1.807) is 25.7 Å². The molecule has 3 saturated heterocycles. The van der Waals surface area contributed by atoms with E-state index in [2.05, 4.69) is 4.28 Å². The molecule has 3 amide bonds. The molecule has 0 spiro atoms. The molecule has 0 aliphatic carbocycles. The van der Waals surface area contributed by atoms with Crippen LogP contribution in [-0.4, -0.2) is 87.8 Å². The summed E-state index contributed by atoms with van der Waals surface area (Å²) in [6, 6.07) is -1.55. The Bertz CT molecular complexity index is 848. The number of urea groups is 1. The number of carbonyl (C=O) groups excluding carboxylic acids is 2. The SMILES string of the molecule is CC(C)(C)OC(=O)N1CCC(C[C@]2(C(=O)O)CC[C@@H]3CN2C(=O)N3OS(=O)(=O)O)CC1. The van der Waals surface area contributed by atoms with Crippen molar-refractivity contribution < 1.29 is 41.5 Å². The lowest BCUT2D eigenvalue weighted by Crippen LogP contribution is -2.59. The monoisotopic (exact) mass is 463 g/mol. The van der Waals surface area contributed by atoms with Crippen LogP contribution in [0, 0.1) is 5.92 Å². The number of carboxylic acid groups (broad SMARTS) is 1. The molecule has 0 saturated carbocycles. The molecule has 176 valence electrons. The van der Waals surface area contributed by atoms with E-state index < -0.39 is 45.7 Å². The molecular weight excluding hydrogens is 434 g/mol. The Kier molecular flexibility index (Phi) is 6.15. The highest BCUT2D eigenvalue weighted by atomic mass is 32.3. The predicted molar refractivity (Wildman–Crippen MR) is 105 cm³/mol. The van der Waals surface area contributed by atoms with Gasteiger partial charge in [-0.2, -0.15) is 13.5 Å². The number of likely N-dealkylation sites (tertiary alicyclic amines) is 1. The first-order chi connectivity index (χ1) is 14.2. The summed E-state index contributed by atoms with van der Waals surface area (Å²) in [5.74, 6) is -1.21. The van der Waals surface area contributed by atoms with Crippen LogP contribution in [0.5, 0.6) is 0 Å². The Balaban J connectivity index is 1.68. The number of aliphatic carboxylic acids is 1. The van der Waals surface area contributed by atoms with Crippen LogP contribution < -0.4 is 0 Å². The number of hydroxylamine groups is 2. The van der Waals surface area contributed by atoms with Crippen LogP contribution in [-0.2, 0) is 24.2 Å². The third-order valence-corrected chi connectivity index (χ3v) is 6.37. The number of hydrogen-bond acceptors (Lipinski definition) is 7. The van der Waals surface area contributed by atoms with Crippen LogP contribution in [0.2, 0.25) is 0 Å². The second-order valence-electron chi connectivity index (χ2n) is 9.37. The zero-order valence-corrected chi connectivity index (χ0v) is 18.6. The van der Waals surface area contributed by atoms with E-state index in [0.29, 0.717) is 31.0 Å². The third-order valence-electron chi connectivity index (χ3n) is 6.02. The van der Waals surface area contributed by atoms with Crippen LogP contribution >= 0.6 is 0 Å². The maximum Gasteiger partial charge on any atom is 0.418 e. The summed E-state index contributed by atoms with van der Waals surface area (Å²) in [6.07, 6.45) is 1.25. The minimum absolute atomic E-state index is 0.00257. The lowest BCUT2D eigenvalue weighted by atomic mass is 9.76. The molecule has 3 rings (SSSR count). The van der Waals surface area contributed by atoms with Gasteiger partial charge in [0.2, 0.25) is 0 Å². The molecular formula is C18H29N3O9S. The van der Waals surface area contributed by atoms with E-state index >= 15 is 0 Å². The van der Waals surface area contributed by atoms with E-state index in [4.69, 9.17) is 9.29 Å². The summed E-state index contributed by atoms with van der Waals surface area (Å²) in [6.45, 7) is 6.19. The Labute approximate surface area is 181 Å². The van der Waals surface area contributed by atoms with Crippen molar-refractivity contribution in [1.29, 1.82) is 0 Å². The van der Waals surface area contributed by atoms with Crippen molar-refractivity contribution in [2.24, 2.45) is 5.92 Å². The number of carboxylic acids is 1. The van der Waals surface area contributed by atoms with E-state index in [0.717, 1.165) is 4.90 Å². The number of nitrogens with zero attached hydrogens (tertiary/aromatic N) is 3. The minimum Gasteiger partial charge on any atom is -0.479 e. The molecule has 2 bridgehead atoms. The normalized spacial score (nSPS) is 27.5. The first-order valence-electron chi connectivity index (χ1n) is 10.2. The Morgan fingerprint density at radius 3 is 2.32 bits per heavy atom. The molecule has 3 fully saturated rings. The molecule has 31 heavy (non-hydrogen) atoms. The van der Waals surface area contributed by atoms with Crippen LogP contribution in [0.3, 0.4) is 0 Å². The fraction of sp³-hybridized carbons (Fsp3) is 0.833. The van der Waals surface area contributed by atoms with Gasteiger partial charge in [0.25, 0.3) is 0 Å². The fourth-order valence-electron chi connectivity index (χ4n) is 4.58. The summed E-state index contributed by atoms with van der Waals surface area (Å²) >= 11 is 0. The molecule has 2 N–H and O–H groups in total. The predicted octanol–water partition coefficient (Wildman–Crippen LogP) is 1.48. The number of ether oxygens (including phenoxy) is 1. The van der Waals surface area contributed by atoms with E-state index in [9.17, 15) is 27.9 Å². The van der Waals surface area contributed by atoms with Gasteiger partial charge in [-0.05, 0) is 58.8 Å². The van der Waals surface area contributed by atoms with E-state index in [1.165, 1.54) is 0 Å². The van der Waals surface area contributed by atoms with Gasteiger partial charge in [0.1, 0.15) is 11.1 Å². The Morgan fingerprint density at radius 1 is 1.19 bits per heavy atom. The van der Waals surface area contributed by atoms with Gasteiger partial charge in [0, 0.05) is 19.6 Å². The van der Waals surface area contributed by atoms with Crippen molar-refractivity contribution in [3.05, 3.63) is 0 Å². The van der Waals surface area contributed by atoms with Gasteiger partial charge in [0.15, 0.2) is 0 Å². The summed E-state index contributed by atoms with van der Waals surface area (Å²) in [4.78, 5) is 40.0. The average molecular weight is 464 g/mol. The second kappa shape index (κ2) is 8.10.